The van der Waals surface area contributed by atoms with E-state index in [9.17, 15) is 4.79 Å². The third kappa shape index (κ3) is 2.68. The molecule has 88 valence electrons. The first-order valence-corrected chi connectivity index (χ1v) is 6.65. The molecule has 3 N–H and O–H groups in total. The molecular formula is C12H11BrN2OS. The standard InChI is InChI=1S/C12H11BrN2OS/c1-7-4-5-17-11(7)12(16)15-10-3-2-8(14)6-9(10)13/h2-6H,14H2,1H3,(H,15,16). The van der Waals surface area contributed by atoms with Crippen molar-refractivity contribution in [1.82, 2.24) is 0 Å². The van der Waals surface area contributed by atoms with Crippen LogP contribution in [0.25, 0.3) is 0 Å². The molecule has 0 aliphatic heterocycles. The Morgan fingerprint density at radius 2 is 2.18 bits per heavy atom. The Labute approximate surface area is 112 Å². The lowest BCUT2D eigenvalue weighted by atomic mass is 10.2. The van der Waals surface area contributed by atoms with E-state index < -0.39 is 0 Å². The highest BCUT2D eigenvalue weighted by Crippen LogP contribution is 2.26. The first kappa shape index (κ1) is 12.1. The zero-order chi connectivity index (χ0) is 12.4. The summed E-state index contributed by atoms with van der Waals surface area (Å²) in [6, 6.07) is 7.22. The Bertz CT molecular complexity index is 565. The van der Waals surface area contributed by atoms with E-state index in [1.54, 1.807) is 18.2 Å². The minimum Gasteiger partial charge on any atom is -0.399 e. The van der Waals surface area contributed by atoms with E-state index in [2.05, 4.69) is 21.2 Å². The molecule has 0 spiro atoms. The van der Waals surface area contributed by atoms with Crippen LogP contribution in [0.1, 0.15) is 15.2 Å². The van der Waals surface area contributed by atoms with E-state index in [-0.39, 0.29) is 5.91 Å². The molecule has 0 fully saturated rings. The molecule has 0 aliphatic carbocycles. The number of anilines is 2. The van der Waals surface area contributed by atoms with E-state index in [1.807, 2.05) is 18.4 Å². The normalized spacial score (nSPS) is 10.2. The molecule has 0 atom stereocenters. The maximum Gasteiger partial charge on any atom is 0.266 e. The number of hydrogen-bond acceptors (Lipinski definition) is 3. The van der Waals surface area contributed by atoms with Gasteiger partial charge in [-0.3, -0.25) is 4.79 Å². The number of rotatable bonds is 2. The van der Waals surface area contributed by atoms with Crippen molar-refractivity contribution in [3.63, 3.8) is 0 Å². The predicted octanol–water partition coefficient (Wildman–Crippen LogP) is 3.65. The van der Waals surface area contributed by atoms with Crippen molar-refractivity contribution in [2.24, 2.45) is 0 Å². The Hall–Kier alpha value is -1.33. The molecule has 5 heteroatoms. The van der Waals surface area contributed by atoms with Crippen LogP contribution in [-0.2, 0) is 0 Å². The van der Waals surface area contributed by atoms with Crippen LogP contribution < -0.4 is 11.1 Å². The zero-order valence-electron chi connectivity index (χ0n) is 9.16. The van der Waals surface area contributed by atoms with Gasteiger partial charge in [0, 0.05) is 10.2 Å². The van der Waals surface area contributed by atoms with Crippen molar-refractivity contribution in [3.05, 3.63) is 44.6 Å². The van der Waals surface area contributed by atoms with Gasteiger partial charge >= 0.3 is 0 Å². The van der Waals surface area contributed by atoms with E-state index in [1.165, 1.54) is 11.3 Å². The van der Waals surface area contributed by atoms with Crippen LogP contribution >= 0.6 is 27.3 Å². The molecule has 0 bridgehead atoms. The van der Waals surface area contributed by atoms with Crippen molar-refractivity contribution in [2.45, 2.75) is 6.92 Å². The third-order valence-electron chi connectivity index (χ3n) is 2.31. The summed E-state index contributed by atoms with van der Waals surface area (Å²) in [6.07, 6.45) is 0. The fourth-order valence-electron chi connectivity index (χ4n) is 1.42. The number of hydrogen-bond donors (Lipinski definition) is 2. The summed E-state index contributed by atoms with van der Waals surface area (Å²) in [6.45, 7) is 1.92. The van der Waals surface area contributed by atoms with Gasteiger partial charge in [0.25, 0.3) is 5.91 Å². The van der Waals surface area contributed by atoms with Crippen LogP contribution in [0.2, 0.25) is 0 Å². The topological polar surface area (TPSA) is 55.1 Å². The van der Waals surface area contributed by atoms with Crippen molar-refractivity contribution in [3.8, 4) is 0 Å². The van der Waals surface area contributed by atoms with E-state index in [4.69, 9.17) is 5.73 Å². The van der Waals surface area contributed by atoms with Gasteiger partial charge in [-0.2, -0.15) is 0 Å². The molecule has 1 aromatic heterocycles. The lowest BCUT2D eigenvalue weighted by Gasteiger charge is -2.07. The summed E-state index contributed by atoms with van der Waals surface area (Å²) in [5, 5.41) is 4.75. The molecule has 0 aliphatic rings. The number of nitrogens with one attached hydrogen (secondary N) is 1. The van der Waals surface area contributed by atoms with Gasteiger partial charge in [0.05, 0.1) is 10.6 Å². The van der Waals surface area contributed by atoms with Gasteiger partial charge < -0.3 is 11.1 Å². The van der Waals surface area contributed by atoms with Gasteiger partial charge in [0.15, 0.2) is 0 Å². The Morgan fingerprint density at radius 3 is 2.76 bits per heavy atom. The van der Waals surface area contributed by atoms with Gasteiger partial charge in [0.2, 0.25) is 0 Å². The summed E-state index contributed by atoms with van der Waals surface area (Å²) >= 11 is 4.80. The number of halogens is 1. The second-order valence-corrected chi connectivity index (χ2v) is 5.40. The number of carbonyl (C=O) groups excluding carboxylic acids is 1. The summed E-state index contributed by atoms with van der Waals surface area (Å²) < 4.78 is 0.778. The smallest absolute Gasteiger partial charge is 0.266 e. The molecule has 0 saturated heterocycles. The molecule has 0 saturated carbocycles. The molecule has 0 radical (unpaired) electrons. The predicted molar refractivity (Wildman–Crippen MR) is 75.6 cm³/mol. The van der Waals surface area contributed by atoms with Crippen LogP contribution in [0.5, 0.6) is 0 Å². The van der Waals surface area contributed by atoms with Gasteiger partial charge in [-0.05, 0) is 58.1 Å². The number of nitrogens with two attached hydrogens (primary N) is 1. The number of amides is 1. The van der Waals surface area contributed by atoms with Crippen LogP contribution in [0.4, 0.5) is 11.4 Å². The number of benzene rings is 1. The molecule has 0 unspecified atom stereocenters. The van der Waals surface area contributed by atoms with Crippen LogP contribution in [0.3, 0.4) is 0 Å². The summed E-state index contributed by atoms with van der Waals surface area (Å²) in [5.74, 6) is -0.0945. The monoisotopic (exact) mass is 310 g/mol. The van der Waals surface area contributed by atoms with E-state index in [0.717, 1.165) is 20.6 Å². The Balaban J connectivity index is 2.22. The number of aryl methyl sites for hydroxylation is 1. The molecule has 1 amide bonds. The van der Waals surface area contributed by atoms with Crippen LogP contribution in [0.15, 0.2) is 34.1 Å². The first-order valence-electron chi connectivity index (χ1n) is 4.98. The SMILES string of the molecule is Cc1ccsc1C(=O)Nc1ccc(N)cc1Br. The Morgan fingerprint density at radius 1 is 1.41 bits per heavy atom. The Kier molecular flexibility index (Phi) is 3.49. The highest BCUT2D eigenvalue weighted by molar-refractivity contribution is 9.10. The molecule has 1 heterocycles. The first-order chi connectivity index (χ1) is 8.08. The van der Waals surface area contributed by atoms with Crippen molar-refractivity contribution in [2.75, 3.05) is 11.1 Å². The summed E-state index contributed by atoms with van der Waals surface area (Å²) in [7, 11) is 0. The lowest BCUT2D eigenvalue weighted by Crippen LogP contribution is -2.11. The zero-order valence-corrected chi connectivity index (χ0v) is 11.6. The second-order valence-electron chi connectivity index (χ2n) is 3.63. The fourth-order valence-corrected chi connectivity index (χ4v) is 2.73. The minimum atomic E-state index is -0.0945. The van der Waals surface area contributed by atoms with Gasteiger partial charge in [-0.15, -0.1) is 11.3 Å². The lowest BCUT2D eigenvalue weighted by molar-refractivity contribution is 0.103. The summed E-state index contributed by atoms with van der Waals surface area (Å²) in [5.41, 5.74) is 8.00. The average Bonchev–Trinajstić information content (AvgIpc) is 2.68. The minimum absolute atomic E-state index is 0.0945. The molecule has 2 aromatic rings. The molecule has 2 rings (SSSR count). The average molecular weight is 311 g/mol. The van der Waals surface area contributed by atoms with Gasteiger partial charge in [-0.25, -0.2) is 0 Å². The maximum absolute atomic E-state index is 12.0. The molecular weight excluding hydrogens is 300 g/mol. The van der Waals surface area contributed by atoms with E-state index in [0.29, 0.717) is 5.69 Å². The second kappa shape index (κ2) is 4.89. The largest absolute Gasteiger partial charge is 0.399 e. The number of thiophene rings is 1. The quantitative estimate of drug-likeness (QED) is 0.832. The summed E-state index contributed by atoms with van der Waals surface area (Å²) in [4.78, 5) is 12.7. The van der Waals surface area contributed by atoms with Crippen LogP contribution in [-0.4, -0.2) is 5.91 Å². The molecule has 1 aromatic carbocycles. The van der Waals surface area contributed by atoms with Gasteiger partial charge in [0.1, 0.15) is 0 Å². The molecule has 3 nitrogen and oxygen atoms in total. The highest BCUT2D eigenvalue weighted by atomic mass is 79.9. The fraction of sp³-hybridized carbons (Fsp3) is 0.0833. The number of carbonyl (C=O) groups is 1. The number of nitrogen functional groups attached to an aromatic ring is 1. The van der Waals surface area contributed by atoms with Crippen molar-refractivity contribution < 1.29 is 4.79 Å². The van der Waals surface area contributed by atoms with E-state index >= 15 is 0 Å². The van der Waals surface area contributed by atoms with Gasteiger partial charge in [-0.1, -0.05) is 0 Å². The van der Waals surface area contributed by atoms with Crippen molar-refractivity contribution in [1.29, 1.82) is 0 Å². The van der Waals surface area contributed by atoms with Crippen molar-refractivity contribution >= 4 is 44.5 Å². The molecule has 17 heavy (non-hydrogen) atoms. The highest BCUT2D eigenvalue weighted by Gasteiger charge is 2.11. The third-order valence-corrected chi connectivity index (χ3v) is 3.98. The maximum atomic E-state index is 12.0. The van der Waals surface area contributed by atoms with Crippen LogP contribution in [0, 0.1) is 6.92 Å².